The molecule has 0 aliphatic carbocycles. The highest BCUT2D eigenvalue weighted by Crippen LogP contribution is 2.38. The number of benzene rings is 2. The van der Waals surface area contributed by atoms with E-state index in [-0.39, 0.29) is 11.3 Å². The first-order chi connectivity index (χ1) is 10.8. The highest BCUT2D eigenvalue weighted by atomic mass is 32.2. The predicted molar refractivity (Wildman–Crippen MR) is 90.1 cm³/mol. The van der Waals surface area contributed by atoms with Crippen LogP contribution in [0.25, 0.3) is 0 Å². The van der Waals surface area contributed by atoms with Crippen LogP contribution in [0.15, 0.2) is 54.6 Å². The van der Waals surface area contributed by atoms with Crippen molar-refractivity contribution in [3.8, 4) is 5.75 Å². The Morgan fingerprint density at radius 3 is 2.55 bits per heavy atom. The summed E-state index contributed by atoms with van der Waals surface area (Å²) in [5, 5.41) is 0.145. The normalized spacial score (nSPS) is 17.8. The van der Waals surface area contributed by atoms with Crippen LogP contribution in [0.2, 0.25) is 0 Å². The van der Waals surface area contributed by atoms with Crippen molar-refractivity contribution in [1.82, 2.24) is 4.90 Å². The van der Waals surface area contributed by atoms with Crippen LogP contribution in [0, 0.1) is 0 Å². The molecular weight excluding hydrogens is 294 g/mol. The van der Waals surface area contributed by atoms with Gasteiger partial charge in [0.25, 0.3) is 0 Å². The first-order valence-corrected chi connectivity index (χ1v) is 8.42. The van der Waals surface area contributed by atoms with E-state index in [0.29, 0.717) is 5.75 Å². The maximum Gasteiger partial charge on any atom is 0.233 e. The third-order valence-corrected chi connectivity index (χ3v) is 5.11. The van der Waals surface area contributed by atoms with Gasteiger partial charge in [-0.2, -0.15) is 0 Å². The van der Waals surface area contributed by atoms with Gasteiger partial charge < -0.3 is 9.64 Å². The Morgan fingerprint density at radius 1 is 1.14 bits per heavy atom. The average molecular weight is 313 g/mol. The maximum absolute atomic E-state index is 12.2. The van der Waals surface area contributed by atoms with E-state index >= 15 is 0 Å². The molecule has 1 aliphatic heterocycles. The number of carbonyl (C=O) groups excluding carboxylic acids is 1. The summed E-state index contributed by atoms with van der Waals surface area (Å²) < 4.78 is 5.17. The van der Waals surface area contributed by atoms with Crippen LogP contribution in [0.1, 0.15) is 16.5 Å². The smallest absolute Gasteiger partial charge is 0.233 e. The predicted octanol–water partition coefficient (Wildman–Crippen LogP) is 3.51. The molecule has 0 bridgehead atoms. The Balaban J connectivity index is 1.67. The molecule has 4 heteroatoms. The monoisotopic (exact) mass is 313 g/mol. The van der Waals surface area contributed by atoms with Gasteiger partial charge >= 0.3 is 0 Å². The van der Waals surface area contributed by atoms with Crippen LogP contribution < -0.4 is 4.74 Å². The number of ether oxygens (including phenoxy) is 1. The molecule has 0 radical (unpaired) electrons. The van der Waals surface area contributed by atoms with Gasteiger partial charge in [-0.1, -0.05) is 42.5 Å². The Hall–Kier alpha value is -1.94. The van der Waals surface area contributed by atoms with Gasteiger partial charge in [-0.3, -0.25) is 4.79 Å². The molecule has 1 fully saturated rings. The first-order valence-electron chi connectivity index (χ1n) is 7.37. The van der Waals surface area contributed by atoms with Crippen molar-refractivity contribution in [2.45, 2.75) is 11.8 Å². The van der Waals surface area contributed by atoms with Crippen molar-refractivity contribution in [1.29, 1.82) is 0 Å². The Morgan fingerprint density at radius 2 is 1.86 bits per heavy atom. The van der Waals surface area contributed by atoms with Gasteiger partial charge in [-0.05, 0) is 29.7 Å². The van der Waals surface area contributed by atoms with Crippen LogP contribution in [0.4, 0.5) is 0 Å². The van der Waals surface area contributed by atoms with Crippen LogP contribution in [-0.4, -0.2) is 30.2 Å². The fraction of sp³-hybridized carbons (Fsp3) is 0.278. The number of hydrogen-bond acceptors (Lipinski definition) is 3. The van der Waals surface area contributed by atoms with Crippen molar-refractivity contribution in [3.63, 3.8) is 0 Å². The zero-order chi connectivity index (χ0) is 15.4. The number of amides is 1. The number of methoxy groups -OCH3 is 1. The lowest BCUT2D eigenvalue weighted by Crippen LogP contribution is -2.30. The molecule has 1 atom stereocenters. The van der Waals surface area contributed by atoms with E-state index in [0.717, 1.165) is 18.7 Å². The van der Waals surface area contributed by atoms with E-state index in [4.69, 9.17) is 4.74 Å². The molecule has 2 aromatic rings. The van der Waals surface area contributed by atoms with Crippen molar-refractivity contribution < 1.29 is 9.53 Å². The molecule has 2 aromatic carbocycles. The van der Waals surface area contributed by atoms with Gasteiger partial charge in [0, 0.05) is 6.54 Å². The molecule has 114 valence electrons. The largest absolute Gasteiger partial charge is 0.497 e. The molecule has 0 N–H and O–H groups in total. The molecule has 1 saturated heterocycles. The third kappa shape index (κ3) is 3.28. The third-order valence-electron chi connectivity index (χ3n) is 3.85. The summed E-state index contributed by atoms with van der Waals surface area (Å²) >= 11 is 1.71. The number of hydrogen-bond donors (Lipinski definition) is 0. The SMILES string of the molecule is COc1ccc(CCN2C(=O)CSC2c2ccccc2)cc1. The Labute approximate surface area is 135 Å². The number of carbonyl (C=O) groups is 1. The standard InChI is InChI=1S/C18H19NO2S/c1-21-16-9-7-14(8-10-16)11-12-19-17(20)13-22-18(19)15-5-3-2-4-6-15/h2-10,18H,11-13H2,1H3. The van der Waals surface area contributed by atoms with Gasteiger partial charge in [-0.25, -0.2) is 0 Å². The quantitative estimate of drug-likeness (QED) is 0.846. The summed E-state index contributed by atoms with van der Waals surface area (Å²) in [6, 6.07) is 18.3. The Bertz CT molecular complexity index is 627. The van der Waals surface area contributed by atoms with E-state index in [1.165, 1.54) is 11.1 Å². The van der Waals surface area contributed by atoms with Gasteiger partial charge in [0.2, 0.25) is 5.91 Å². The van der Waals surface area contributed by atoms with E-state index in [9.17, 15) is 4.79 Å². The first kappa shape index (κ1) is 15.0. The van der Waals surface area contributed by atoms with Crippen molar-refractivity contribution in [3.05, 3.63) is 65.7 Å². The topological polar surface area (TPSA) is 29.5 Å². The van der Waals surface area contributed by atoms with Gasteiger partial charge in [0.15, 0.2) is 0 Å². The molecule has 1 aliphatic rings. The summed E-state index contributed by atoms with van der Waals surface area (Å²) in [6.07, 6.45) is 0.861. The van der Waals surface area contributed by atoms with Gasteiger partial charge in [0.1, 0.15) is 11.1 Å². The second-order valence-electron chi connectivity index (χ2n) is 5.26. The maximum atomic E-state index is 12.2. The highest BCUT2D eigenvalue weighted by Gasteiger charge is 2.32. The minimum absolute atomic E-state index is 0.145. The van der Waals surface area contributed by atoms with Crippen molar-refractivity contribution in [2.75, 3.05) is 19.4 Å². The van der Waals surface area contributed by atoms with E-state index < -0.39 is 0 Å². The van der Waals surface area contributed by atoms with Gasteiger partial charge in [0.05, 0.1) is 12.9 Å². The molecule has 1 heterocycles. The summed E-state index contributed by atoms with van der Waals surface area (Å²) in [6.45, 7) is 0.748. The molecule has 1 amide bonds. The van der Waals surface area contributed by atoms with Crippen molar-refractivity contribution in [2.24, 2.45) is 0 Å². The minimum Gasteiger partial charge on any atom is -0.497 e. The molecular formula is C18H19NO2S. The molecule has 1 unspecified atom stereocenters. The van der Waals surface area contributed by atoms with Crippen LogP contribution >= 0.6 is 11.8 Å². The zero-order valence-corrected chi connectivity index (χ0v) is 13.4. The number of thioether (sulfide) groups is 1. The second kappa shape index (κ2) is 6.88. The van der Waals surface area contributed by atoms with Crippen LogP contribution in [-0.2, 0) is 11.2 Å². The van der Waals surface area contributed by atoms with Gasteiger partial charge in [-0.15, -0.1) is 11.8 Å². The molecule has 0 aromatic heterocycles. The zero-order valence-electron chi connectivity index (χ0n) is 12.6. The lowest BCUT2D eigenvalue weighted by Gasteiger charge is -2.24. The molecule has 22 heavy (non-hydrogen) atoms. The van der Waals surface area contributed by atoms with Crippen LogP contribution in [0.3, 0.4) is 0 Å². The van der Waals surface area contributed by atoms with E-state index in [1.807, 2.05) is 35.2 Å². The van der Waals surface area contributed by atoms with E-state index in [1.54, 1.807) is 18.9 Å². The summed E-state index contributed by atoms with van der Waals surface area (Å²) in [5.41, 5.74) is 2.42. The average Bonchev–Trinajstić information content (AvgIpc) is 2.95. The summed E-state index contributed by atoms with van der Waals surface area (Å²) in [5.74, 6) is 1.66. The fourth-order valence-corrected chi connectivity index (χ4v) is 3.85. The summed E-state index contributed by atoms with van der Waals surface area (Å²) in [7, 11) is 1.67. The molecule has 0 saturated carbocycles. The second-order valence-corrected chi connectivity index (χ2v) is 6.33. The number of rotatable bonds is 5. The highest BCUT2D eigenvalue weighted by molar-refractivity contribution is 8.00. The lowest BCUT2D eigenvalue weighted by atomic mass is 10.1. The molecule has 3 nitrogen and oxygen atoms in total. The van der Waals surface area contributed by atoms with Crippen molar-refractivity contribution >= 4 is 17.7 Å². The lowest BCUT2D eigenvalue weighted by molar-refractivity contribution is -0.128. The van der Waals surface area contributed by atoms with E-state index in [2.05, 4.69) is 24.3 Å². The summed E-state index contributed by atoms with van der Waals surface area (Å²) in [4.78, 5) is 14.2. The molecule has 3 rings (SSSR count). The fourth-order valence-electron chi connectivity index (χ4n) is 2.63. The minimum atomic E-state index is 0.145. The Kier molecular flexibility index (Phi) is 4.68. The van der Waals surface area contributed by atoms with Crippen LogP contribution in [0.5, 0.6) is 5.75 Å². The number of nitrogens with zero attached hydrogens (tertiary/aromatic N) is 1. The molecule has 0 spiro atoms.